The van der Waals surface area contributed by atoms with Crippen LogP contribution in [0.3, 0.4) is 0 Å². The van der Waals surface area contributed by atoms with Gasteiger partial charge in [0.15, 0.2) is 8.07 Å². The van der Waals surface area contributed by atoms with E-state index in [-0.39, 0.29) is 53.8 Å². The molecule has 4 heterocycles. The monoisotopic (exact) mass is 1440 g/mol. The van der Waals surface area contributed by atoms with Crippen LogP contribution in [0.5, 0.6) is 11.5 Å². The van der Waals surface area contributed by atoms with Crippen molar-refractivity contribution in [2.75, 3.05) is 0 Å². The molecule has 3 aromatic heterocycles. The van der Waals surface area contributed by atoms with Gasteiger partial charge < -0.3 is 13.9 Å². The van der Waals surface area contributed by atoms with Gasteiger partial charge in [-0.25, -0.2) is 4.98 Å². The summed E-state index contributed by atoms with van der Waals surface area (Å²) in [5.41, 5.74) is 12.1. The molecule has 0 saturated heterocycles. The second-order valence-corrected chi connectivity index (χ2v) is 32.1. The number of benzene rings is 11. The maximum Gasteiger partial charge on any atom is 0.268 e. The molecule has 0 saturated carbocycles. The molecule has 0 fully saturated rings. The summed E-state index contributed by atoms with van der Waals surface area (Å²) in [6.45, 7) is 26.2. The maximum atomic E-state index is 10.2. The van der Waals surface area contributed by atoms with E-state index >= 15 is 0 Å². The average Bonchev–Trinajstić information content (AvgIpc) is 1.16. The van der Waals surface area contributed by atoms with Crippen LogP contribution in [0.2, 0.25) is 0 Å². The fourth-order valence-corrected chi connectivity index (χ4v) is 17.2. The first kappa shape index (κ1) is 47.4. The van der Waals surface area contributed by atoms with Gasteiger partial charge in [0, 0.05) is 44.3 Å². The average molecular weight is 1450 g/mol. The third kappa shape index (κ3) is 11.0. The van der Waals surface area contributed by atoms with Crippen molar-refractivity contribution >= 4 is 61.7 Å². The van der Waals surface area contributed by atoms with E-state index in [0.717, 1.165) is 66.4 Å². The van der Waals surface area contributed by atoms with Crippen LogP contribution in [0.15, 0.2) is 255 Å². The Morgan fingerprint density at radius 2 is 0.947 bits per heavy atom. The van der Waals surface area contributed by atoms with Crippen molar-refractivity contribution in [3.63, 3.8) is 0 Å². The maximum absolute atomic E-state index is 10.2. The number of ether oxygens (including phenoxy) is 1. The van der Waals surface area contributed by atoms with E-state index in [4.69, 9.17) is 13.8 Å². The van der Waals surface area contributed by atoms with Crippen molar-refractivity contribution in [1.82, 2.24) is 14.1 Å². The van der Waals surface area contributed by atoms with Gasteiger partial charge in [0.25, 0.3) is 6.33 Å². The first-order chi connectivity index (χ1) is 51.3. The van der Waals surface area contributed by atoms with Gasteiger partial charge in [-0.2, -0.15) is 18.2 Å². The summed E-state index contributed by atoms with van der Waals surface area (Å²) >= 11 is 0. The molecule has 7 heteroatoms. The van der Waals surface area contributed by atoms with E-state index in [1.54, 1.807) is 28.8 Å². The predicted octanol–water partition coefficient (Wildman–Crippen LogP) is 19.1. The number of para-hydroxylation sites is 1. The quantitative estimate of drug-likeness (QED) is 0.0625. The van der Waals surface area contributed by atoms with E-state index in [1.165, 1.54) is 0 Å². The Morgan fingerprint density at radius 3 is 1.53 bits per heavy atom. The Bertz CT molecular complexity index is 5950. The zero-order chi connectivity index (χ0) is 78.1. The van der Waals surface area contributed by atoms with E-state index in [1.807, 2.05) is 89.6 Å². The van der Waals surface area contributed by atoms with Gasteiger partial charge in [0.2, 0.25) is 0 Å². The summed E-state index contributed by atoms with van der Waals surface area (Å²) in [5.74, 6) is 1.26. The number of hydrogen-bond donors (Lipinski definition) is 0. The van der Waals surface area contributed by atoms with Gasteiger partial charge >= 0.3 is 0 Å². The third-order valence-electron chi connectivity index (χ3n) is 18.3. The molecule has 1 aliphatic heterocycles. The van der Waals surface area contributed by atoms with Crippen molar-refractivity contribution in [1.29, 1.82) is 0 Å². The van der Waals surface area contributed by atoms with Gasteiger partial charge in [-0.1, -0.05) is 288 Å². The molecule has 0 spiro atoms. The van der Waals surface area contributed by atoms with Crippen molar-refractivity contribution < 1.29 is 50.9 Å². The second kappa shape index (κ2) is 23.8. The van der Waals surface area contributed by atoms with Crippen molar-refractivity contribution in [2.24, 2.45) is 0 Å². The summed E-state index contributed by atoms with van der Waals surface area (Å²) in [6, 6.07) is 46.0. The summed E-state index contributed by atoms with van der Waals surface area (Å²) in [4.78, 5) is 4.91. The molecule has 5 nitrogen and oxygen atoms in total. The fraction of sp³-hybridized carbons (Fsp3) is 0.182. The first-order valence-corrected chi connectivity index (χ1v) is 33.8. The van der Waals surface area contributed by atoms with Crippen molar-refractivity contribution in [3.05, 3.63) is 295 Å². The molecule has 0 atom stereocenters. The second-order valence-electron chi connectivity index (χ2n) is 28.6. The fourth-order valence-electron chi connectivity index (χ4n) is 13.3. The van der Waals surface area contributed by atoms with Crippen LogP contribution in [-0.4, -0.2) is 22.2 Å². The Hall–Kier alpha value is -9.45. The van der Waals surface area contributed by atoms with Gasteiger partial charge in [-0.15, -0.1) is 29.7 Å². The Labute approximate surface area is 596 Å². The SMILES string of the molecule is [2H]c1c([2H])c([2H])c([Si](c2cc3c4c(c2)n(-c2[c-]c(Oc5[c-]c6c(cc5)c5ccccc5n6-c5cc(C(C)(C)C)ccn5)ccc2)[c-][n+]4-c2c(-c4cc(C(C)(C)C)cc(C(C)(C)C)c4)cc(C(C)(C)C)cc2-c2ccccc2-c2ccccc2-3)(c2c([2H])c([2H])c([2H])c([2H])c2[2H])c2c([2H])c([2H])c([2H])c([2H])c2[2H])c([2H])c1[2H].[Pt]. The van der Waals surface area contributed by atoms with Gasteiger partial charge in [-0.3, -0.25) is 4.57 Å². The summed E-state index contributed by atoms with van der Waals surface area (Å²) in [7, 11) is -5.84. The zero-order valence-electron chi connectivity index (χ0n) is 70.1. The van der Waals surface area contributed by atoms with Gasteiger partial charge in [-0.05, 0) is 138 Å². The molecular weight excluding hydrogens is 1350 g/mol. The molecule has 14 aromatic rings. The van der Waals surface area contributed by atoms with Crippen LogP contribution in [0, 0.1) is 18.5 Å². The van der Waals surface area contributed by atoms with Crippen LogP contribution in [0.4, 0.5) is 0 Å². The molecule has 11 aromatic carbocycles. The van der Waals surface area contributed by atoms with Crippen LogP contribution in [-0.2, 0) is 42.7 Å². The number of aromatic nitrogens is 4. The number of pyridine rings is 1. The Balaban J connectivity index is 0.0000101. The van der Waals surface area contributed by atoms with E-state index in [9.17, 15) is 16.4 Å². The van der Waals surface area contributed by atoms with Crippen LogP contribution < -0.4 is 30.1 Å². The molecule has 0 amide bonds. The predicted molar refractivity (Wildman–Crippen MR) is 394 cm³/mol. The summed E-state index contributed by atoms with van der Waals surface area (Å²) < 4.78 is 158. The molecule has 0 aliphatic carbocycles. The minimum absolute atomic E-state index is 0. The van der Waals surface area contributed by atoms with Gasteiger partial charge in [0.1, 0.15) is 5.82 Å². The molecular formula is C88H78N4OPtSi-2. The summed E-state index contributed by atoms with van der Waals surface area (Å²) in [6.07, 6.45) is 5.72. The first-order valence-electron chi connectivity index (χ1n) is 39.3. The molecule has 472 valence electrons. The number of nitrogens with zero attached hydrogens (tertiary/aromatic N) is 4. The molecule has 0 unspecified atom stereocenters. The van der Waals surface area contributed by atoms with Crippen molar-refractivity contribution in [2.45, 2.75) is 105 Å². The topological polar surface area (TPSA) is 35.9 Å². The molecule has 0 N–H and O–H groups in total. The molecule has 15 rings (SSSR count). The van der Waals surface area contributed by atoms with E-state index in [0.29, 0.717) is 50.7 Å². The summed E-state index contributed by atoms with van der Waals surface area (Å²) in [5, 5.41) is -0.0612. The van der Waals surface area contributed by atoms with E-state index in [2.05, 4.69) is 161 Å². The van der Waals surface area contributed by atoms with Crippen molar-refractivity contribution in [3.8, 4) is 73.2 Å². The zero-order valence-corrected chi connectivity index (χ0v) is 58.4. The van der Waals surface area contributed by atoms with Gasteiger partial charge in [0.05, 0.1) is 37.3 Å². The minimum Gasteiger partial charge on any atom is -0.510 e. The van der Waals surface area contributed by atoms with E-state index < -0.39 is 120 Å². The van der Waals surface area contributed by atoms with Crippen LogP contribution in [0.25, 0.3) is 94.5 Å². The molecule has 95 heavy (non-hydrogen) atoms. The smallest absolute Gasteiger partial charge is 0.268 e. The van der Waals surface area contributed by atoms with Crippen LogP contribution >= 0.6 is 0 Å². The number of imidazole rings is 1. The molecule has 0 radical (unpaired) electrons. The number of rotatable bonds is 9. The third-order valence-corrected chi connectivity index (χ3v) is 22.5. The standard InChI is InChI=1S/C88H78N4OSi.Pt/c1-85(2,3)59-45-46-89-82(52-59)92-79-42-27-26-41-74(79)75-44-43-65(54-80(75)92)93-64-30-28-29-63(53-64)90-57-91-83-76(58-47-60(86(4,5)6)49-61(48-58)87(7,8)9)50-62(88(10,11)12)51-77(83)72-39-24-22-37-70(72)71-38-23-25-40-73(71)78-55-69(56-81(90)84(78)91)94(66-31-16-13-17-32-66,67-33-18-14-19-34-67)68-35-20-15-21-36-68;/h13-52,55-56H,1-12H3;/q-2;/i13D,14D,15D,16D,17D,18D,19D,20D,21D,31D,32D,33D,34D,35D,36D;. The Morgan fingerprint density at radius 1 is 0.432 bits per heavy atom. The minimum atomic E-state index is -5.84. The Kier molecular flexibility index (Phi) is 11.9. The van der Waals surface area contributed by atoms with Crippen LogP contribution in [0.1, 0.15) is 126 Å². The number of hydrogen-bond acceptors (Lipinski definition) is 2. The molecule has 0 bridgehead atoms. The normalized spacial score (nSPS) is 14.8. The largest absolute Gasteiger partial charge is 0.510 e. The number of fused-ring (bicyclic) bond motifs is 10. The molecule has 1 aliphatic rings.